The molecule has 2 rings (SSSR count). The van der Waals surface area contributed by atoms with Gasteiger partial charge in [-0.3, -0.25) is 28.8 Å². The molecule has 2 aromatic rings. The first-order chi connectivity index (χ1) is 18.1. The Morgan fingerprint density at radius 2 is 1.76 bits per heavy atom. The molecule has 1 atom stereocenters. The number of nitrogens with one attached hydrogen (secondary N) is 2. The summed E-state index contributed by atoms with van der Waals surface area (Å²) in [7, 11) is 0. The monoisotopic (exact) mass is 536 g/mol. The Morgan fingerprint density at radius 3 is 2.39 bits per heavy atom. The molecule has 0 aliphatic carbocycles. The number of aliphatic carboxylic acids is 2. The van der Waals surface area contributed by atoms with Crippen LogP contribution in [0.1, 0.15) is 48.2 Å². The van der Waals surface area contributed by atoms with Gasteiger partial charge in [0.15, 0.2) is 0 Å². The molecule has 206 valence electrons. The minimum absolute atomic E-state index is 0.101. The lowest BCUT2D eigenvalue weighted by atomic mass is 10.1. The first-order valence-corrected chi connectivity index (χ1v) is 11.7. The summed E-state index contributed by atoms with van der Waals surface area (Å²) >= 11 is 0. The first-order valence-electron chi connectivity index (χ1n) is 11.7. The Bertz CT molecular complexity index is 1120. The maximum atomic E-state index is 12.3. The van der Waals surface area contributed by atoms with Crippen molar-refractivity contribution in [3.05, 3.63) is 41.7 Å². The predicted octanol–water partition coefficient (Wildman–Crippen LogP) is 0.331. The number of hydrogen-bond acceptors (Lipinski definition) is 8. The molecule has 38 heavy (non-hydrogen) atoms. The molecule has 3 amide bonds. The summed E-state index contributed by atoms with van der Waals surface area (Å²) in [5, 5.41) is 40.2. The highest BCUT2D eigenvalue weighted by atomic mass is 19.1. The van der Waals surface area contributed by atoms with Crippen LogP contribution in [0.5, 0.6) is 0 Å². The number of nitrogens with zero attached hydrogens (tertiary/aromatic N) is 4. The second kappa shape index (κ2) is 15.0. The van der Waals surface area contributed by atoms with E-state index in [2.05, 4.69) is 15.6 Å². The van der Waals surface area contributed by atoms with Gasteiger partial charge < -0.3 is 20.8 Å². The van der Waals surface area contributed by atoms with Crippen LogP contribution in [0, 0.1) is 0 Å². The summed E-state index contributed by atoms with van der Waals surface area (Å²) in [6.07, 6.45) is 1.61. The molecule has 0 fully saturated rings. The zero-order valence-corrected chi connectivity index (χ0v) is 20.4. The molecule has 0 radical (unpaired) electrons. The summed E-state index contributed by atoms with van der Waals surface area (Å²) in [5.41, 5.74) is 1.67. The van der Waals surface area contributed by atoms with Crippen molar-refractivity contribution in [1.82, 2.24) is 30.7 Å². The molecule has 0 bridgehead atoms. The number of halogens is 1. The van der Waals surface area contributed by atoms with Crippen LogP contribution >= 0.6 is 0 Å². The Hall–Kier alpha value is -4.40. The Balaban J connectivity index is 1.73. The van der Waals surface area contributed by atoms with Crippen molar-refractivity contribution in [3.63, 3.8) is 0 Å². The quantitative estimate of drug-likeness (QED) is 0.113. The van der Waals surface area contributed by atoms with E-state index in [1.165, 1.54) is 4.68 Å². The van der Waals surface area contributed by atoms with Crippen LogP contribution in [0.3, 0.4) is 0 Å². The molecular weight excluding hydrogens is 507 g/mol. The topological polar surface area (TPSA) is 204 Å². The molecule has 1 aromatic heterocycles. The number of alkyl halides is 1. The molecule has 0 saturated carbocycles. The average Bonchev–Trinajstić information content (AvgIpc) is 3.36. The Morgan fingerprint density at radius 1 is 1.05 bits per heavy atom. The molecule has 1 aromatic carbocycles. The highest BCUT2D eigenvalue weighted by Gasteiger charge is 2.23. The van der Waals surface area contributed by atoms with Crippen LogP contribution in [-0.2, 0) is 25.6 Å². The number of carboxylic acid groups (broad SMARTS) is 2. The van der Waals surface area contributed by atoms with E-state index >= 15 is 0 Å². The van der Waals surface area contributed by atoms with Crippen LogP contribution < -0.4 is 10.6 Å². The molecule has 0 unspecified atom stereocenters. The van der Waals surface area contributed by atoms with E-state index in [0.717, 1.165) is 0 Å². The summed E-state index contributed by atoms with van der Waals surface area (Å²) < 4.78 is 13.8. The van der Waals surface area contributed by atoms with E-state index in [1.807, 2.05) is 5.32 Å². The number of hydrogen-bond donors (Lipinski definition) is 5. The largest absolute Gasteiger partial charge is 0.481 e. The lowest BCUT2D eigenvalue weighted by molar-refractivity contribution is -0.169. The van der Waals surface area contributed by atoms with Gasteiger partial charge >= 0.3 is 11.9 Å². The maximum absolute atomic E-state index is 12.3. The minimum atomic E-state index is -1.48. The van der Waals surface area contributed by atoms with E-state index in [1.54, 1.807) is 30.5 Å². The van der Waals surface area contributed by atoms with Crippen molar-refractivity contribution < 1.29 is 43.8 Å². The Labute approximate surface area is 216 Å². The van der Waals surface area contributed by atoms with Gasteiger partial charge in [-0.1, -0.05) is 5.21 Å². The molecular formula is C23H29FN6O8. The van der Waals surface area contributed by atoms with Crippen LogP contribution in [0.2, 0.25) is 0 Å². The molecule has 0 saturated heterocycles. The molecule has 0 aliphatic rings. The average molecular weight is 537 g/mol. The number of benzene rings is 1. The number of carbonyl (C=O) groups excluding carboxylic acids is 3. The molecule has 0 spiro atoms. The van der Waals surface area contributed by atoms with Crippen molar-refractivity contribution in [1.29, 1.82) is 0 Å². The maximum Gasteiger partial charge on any atom is 0.326 e. The SMILES string of the molecule is O=C(O)CC[C@H](NC(=O)CN(O)C(=O)CCCNC(=O)c1ccc(-n2cc(CCCF)nn2)cc1)C(=O)O. The van der Waals surface area contributed by atoms with Crippen LogP contribution in [0.4, 0.5) is 4.39 Å². The van der Waals surface area contributed by atoms with Crippen molar-refractivity contribution in [3.8, 4) is 5.69 Å². The Kier molecular flexibility index (Phi) is 11.8. The second-order valence-electron chi connectivity index (χ2n) is 8.20. The fourth-order valence-electron chi connectivity index (χ4n) is 3.21. The normalized spacial score (nSPS) is 11.4. The van der Waals surface area contributed by atoms with E-state index < -0.39 is 55.3 Å². The number of carboxylic acids is 2. The fraction of sp³-hybridized carbons (Fsp3) is 0.435. The third-order valence-corrected chi connectivity index (χ3v) is 5.22. The summed E-state index contributed by atoms with van der Waals surface area (Å²) in [6, 6.07) is 5.00. The molecule has 0 aliphatic heterocycles. The van der Waals surface area contributed by atoms with Gasteiger partial charge in [0.05, 0.1) is 24.3 Å². The standard InChI is InChI=1S/C23H29FN6O8/c24-11-1-3-16-13-29(28-27-16)17-7-5-15(6-8-17)22(35)25-12-2-4-20(32)30(38)14-19(31)26-18(23(36)37)9-10-21(33)34/h5-8,13,18,38H,1-4,9-12,14H2,(H,25,35)(H,26,31)(H,33,34)(H,36,37)/t18-/m0/s1. The van der Waals surface area contributed by atoms with Gasteiger partial charge in [0.2, 0.25) is 11.8 Å². The van der Waals surface area contributed by atoms with Gasteiger partial charge in [-0.05, 0) is 49.9 Å². The van der Waals surface area contributed by atoms with Crippen molar-refractivity contribution in [2.24, 2.45) is 0 Å². The van der Waals surface area contributed by atoms with E-state index in [4.69, 9.17) is 10.2 Å². The highest BCUT2D eigenvalue weighted by molar-refractivity contribution is 5.94. The summed E-state index contributed by atoms with van der Waals surface area (Å²) in [5.74, 6) is -4.88. The smallest absolute Gasteiger partial charge is 0.326 e. The third kappa shape index (κ3) is 9.93. The zero-order valence-electron chi connectivity index (χ0n) is 20.4. The van der Waals surface area contributed by atoms with E-state index in [9.17, 15) is 33.6 Å². The van der Waals surface area contributed by atoms with Crippen LogP contribution in [0.15, 0.2) is 30.5 Å². The van der Waals surface area contributed by atoms with E-state index in [-0.39, 0.29) is 30.9 Å². The summed E-state index contributed by atoms with van der Waals surface area (Å²) in [6.45, 7) is -1.17. The number of aryl methyl sites for hydroxylation is 1. The van der Waals surface area contributed by atoms with Crippen molar-refractivity contribution in [2.75, 3.05) is 19.8 Å². The van der Waals surface area contributed by atoms with Gasteiger partial charge in [-0.15, -0.1) is 5.10 Å². The predicted molar refractivity (Wildman–Crippen MR) is 127 cm³/mol. The lowest BCUT2D eigenvalue weighted by Gasteiger charge is -2.17. The zero-order chi connectivity index (χ0) is 28.1. The van der Waals surface area contributed by atoms with Crippen LogP contribution in [0.25, 0.3) is 5.69 Å². The second-order valence-corrected chi connectivity index (χ2v) is 8.20. The van der Waals surface area contributed by atoms with Gasteiger partial charge in [0.1, 0.15) is 12.6 Å². The molecule has 14 nitrogen and oxygen atoms in total. The fourth-order valence-corrected chi connectivity index (χ4v) is 3.21. The number of rotatable bonds is 16. The van der Waals surface area contributed by atoms with Gasteiger partial charge in [0, 0.05) is 24.9 Å². The lowest BCUT2D eigenvalue weighted by Crippen LogP contribution is -2.46. The number of amides is 3. The first kappa shape index (κ1) is 29.8. The van der Waals surface area contributed by atoms with Gasteiger partial charge in [-0.2, -0.15) is 0 Å². The molecule has 5 N–H and O–H groups in total. The van der Waals surface area contributed by atoms with E-state index in [0.29, 0.717) is 29.8 Å². The van der Waals surface area contributed by atoms with Crippen molar-refractivity contribution >= 4 is 29.7 Å². The van der Waals surface area contributed by atoms with Gasteiger partial charge in [-0.25, -0.2) is 14.5 Å². The van der Waals surface area contributed by atoms with Crippen molar-refractivity contribution in [2.45, 2.75) is 44.6 Å². The van der Waals surface area contributed by atoms with Crippen LogP contribution in [-0.4, -0.2) is 90.9 Å². The minimum Gasteiger partial charge on any atom is -0.481 e. The number of carbonyl (C=O) groups is 5. The number of hydroxylamine groups is 2. The molecule has 1 heterocycles. The summed E-state index contributed by atoms with van der Waals surface area (Å²) in [4.78, 5) is 57.9. The van der Waals surface area contributed by atoms with Gasteiger partial charge in [0.25, 0.3) is 5.91 Å². The third-order valence-electron chi connectivity index (χ3n) is 5.22. The highest BCUT2D eigenvalue weighted by Crippen LogP contribution is 2.10. The number of aromatic nitrogens is 3. The molecule has 15 heteroatoms.